The number of carbonyl (C=O) groups excluding carboxylic acids is 2. The molecule has 0 bridgehead atoms. The molecule has 1 aliphatic carbocycles. The second-order valence-corrected chi connectivity index (χ2v) is 8.97. The Morgan fingerprint density at radius 3 is 2.75 bits per heavy atom. The van der Waals surface area contributed by atoms with Crippen LogP contribution in [0.3, 0.4) is 0 Å². The summed E-state index contributed by atoms with van der Waals surface area (Å²) in [5.74, 6) is 0.630. The number of aromatic nitrogens is 1. The molecule has 1 atom stereocenters. The van der Waals surface area contributed by atoms with E-state index in [1.165, 1.54) is 43.4 Å². The number of carbonyl (C=O) groups is 2. The largest absolute Gasteiger partial charge is 0.397 e. The number of amides is 2. The van der Waals surface area contributed by atoms with Gasteiger partial charge in [-0.1, -0.05) is 19.3 Å². The van der Waals surface area contributed by atoms with E-state index in [4.69, 9.17) is 10.7 Å². The number of nitrogen functional groups attached to an aromatic ring is 1. The first kappa shape index (κ1) is 19.2. The van der Waals surface area contributed by atoms with Gasteiger partial charge in [-0.25, -0.2) is 4.98 Å². The topological polar surface area (TPSA) is 88.3 Å². The van der Waals surface area contributed by atoms with E-state index in [0.29, 0.717) is 22.9 Å². The number of likely N-dealkylation sites (tertiary alicyclic amines) is 1. The van der Waals surface area contributed by atoms with Crippen molar-refractivity contribution in [3.63, 3.8) is 0 Å². The van der Waals surface area contributed by atoms with Crippen molar-refractivity contribution in [1.29, 1.82) is 0 Å². The summed E-state index contributed by atoms with van der Waals surface area (Å²) in [6.45, 7) is 0.812. The highest BCUT2D eigenvalue weighted by Gasteiger charge is 2.32. The van der Waals surface area contributed by atoms with Gasteiger partial charge >= 0.3 is 0 Å². The average molecular weight is 401 g/mol. The number of rotatable bonds is 4. The number of nitrogens with two attached hydrogens (primary N) is 1. The molecule has 6 nitrogen and oxygen atoms in total. The minimum absolute atomic E-state index is 0.0345. The van der Waals surface area contributed by atoms with Crippen LogP contribution in [0, 0.1) is 5.92 Å². The first-order chi connectivity index (χ1) is 13.6. The quantitative estimate of drug-likeness (QED) is 0.815. The van der Waals surface area contributed by atoms with E-state index in [0.717, 1.165) is 35.3 Å². The molecule has 1 unspecified atom stereocenters. The van der Waals surface area contributed by atoms with Crippen LogP contribution in [0.2, 0.25) is 0 Å². The highest BCUT2D eigenvalue weighted by Crippen LogP contribution is 2.37. The van der Waals surface area contributed by atoms with E-state index in [1.807, 2.05) is 17.0 Å². The third kappa shape index (κ3) is 3.60. The van der Waals surface area contributed by atoms with Crippen LogP contribution in [-0.2, 0) is 4.79 Å². The van der Waals surface area contributed by atoms with Gasteiger partial charge in [0, 0.05) is 25.4 Å². The Balaban J connectivity index is 1.55. The summed E-state index contributed by atoms with van der Waals surface area (Å²) in [7, 11) is 1.60. The van der Waals surface area contributed by atoms with E-state index < -0.39 is 0 Å². The van der Waals surface area contributed by atoms with Gasteiger partial charge in [-0.2, -0.15) is 0 Å². The Bertz CT molecular complexity index is 888. The number of nitrogens with zero attached hydrogens (tertiary/aromatic N) is 2. The molecule has 1 aliphatic heterocycles. The van der Waals surface area contributed by atoms with Gasteiger partial charge in [0.25, 0.3) is 5.91 Å². The Morgan fingerprint density at radius 1 is 1.21 bits per heavy atom. The molecule has 2 aromatic heterocycles. The van der Waals surface area contributed by atoms with E-state index >= 15 is 0 Å². The molecule has 4 rings (SSSR count). The number of nitrogens with one attached hydrogen (secondary N) is 1. The lowest BCUT2D eigenvalue weighted by Crippen LogP contribution is -2.32. The van der Waals surface area contributed by atoms with Crippen LogP contribution in [0.15, 0.2) is 12.1 Å². The fourth-order valence-electron chi connectivity index (χ4n) is 4.61. The molecule has 2 aliphatic rings. The molecule has 1 saturated heterocycles. The fourth-order valence-corrected chi connectivity index (χ4v) is 5.65. The molecule has 0 aromatic carbocycles. The molecule has 0 radical (unpaired) electrons. The van der Waals surface area contributed by atoms with Crippen molar-refractivity contribution in [1.82, 2.24) is 15.2 Å². The maximum atomic E-state index is 13.0. The van der Waals surface area contributed by atoms with Gasteiger partial charge in [-0.3, -0.25) is 9.59 Å². The Kier molecular flexibility index (Phi) is 5.53. The molecule has 0 spiro atoms. The molecule has 1 saturated carbocycles. The van der Waals surface area contributed by atoms with Crippen molar-refractivity contribution >= 4 is 39.1 Å². The highest BCUT2D eigenvalue weighted by molar-refractivity contribution is 7.21. The molecule has 150 valence electrons. The van der Waals surface area contributed by atoms with Crippen molar-refractivity contribution < 1.29 is 9.59 Å². The third-order valence-electron chi connectivity index (χ3n) is 6.15. The van der Waals surface area contributed by atoms with Crippen LogP contribution in [0.1, 0.15) is 72.8 Å². The summed E-state index contributed by atoms with van der Waals surface area (Å²) in [6.07, 6.45) is 8.82. The SMILES string of the molecule is CNC(=O)c1sc2nc(C3CCCN3C(=O)CC3CCCCC3)ccc2c1N. The summed E-state index contributed by atoms with van der Waals surface area (Å²) in [5, 5.41) is 3.43. The van der Waals surface area contributed by atoms with Crippen molar-refractivity contribution in [2.24, 2.45) is 5.92 Å². The molecule has 2 amide bonds. The van der Waals surface area contributed by atoms with E-state index in [9.17, 15) is 9.59 Å². The lowest BCUT2D eigenvalue weighted by Gasteiger charge is -2.28. The smallest absolute Gasteiger partial charge is 0.263 e. The van der Waals surface area contributed by atoms with E-state index in [1.54, 1.807) is 7.05 Å². The van der Waals surface area contributed by atoms with Gasteiger partial charge in [-0.05, 0) is 43.7 Å². The maximum absolute atomic E-state index is 13.0. The number of hydrogen-bond acceptors (Lipinski definition) is 5. The van der Waals surface area contributed by atoms with Crippen molar-refractivity contribution in [2.45, 2.75) is 57.4 Å². The minimum Gasteiger partial charge on any atom is -0.397 e. The fraction of sp³-hybridized carbons (Fsp3) is 0.571. The summed E-state index contributed by atoms with van der Waals surface area (Å²) in [4.78, 5) is 33.1. The zero-order valence-corrected chi connectivity index (χ0v) is 17.2. The molecular weight excluding hydrogens is 372 g/mol. The number of thiophene rings is 1. The van der Waals surface area contributed by atoms with Gasteiger partial charge in [0.2, 0.25) is 5.91 Å². The van der Waals surface area contributed by atoms with Crippen LogP contribution >= 0.6 is 11.3 Å². The molecule has 3 N–H and O–H groups in total. The van der Waals surface area contributed by atoms with E-state index in [2.05, 4.69) is 5.32 Å². The summed E-state index contributed by atoms with van der Waals surface area (Å²) in [5.41, 5.74) is 7.53. The molecular formula is C21H28N4O2S. The standard InChI is InChI=1S/C21H28N4O2S/c1-23-20(27)19-18(22)14-9-10-15(24-21(14)28-19)16-8-5-11-25(16)17(26)12-13-6-3-2-4-7-13/h9-10,13,16H,2-8,11-12,22H2,1H3,(H,23,27). The van der Waals surface area contributed by atoms with Crippen LogP contribution in [0.25, 0.3) is 10.2 Å². The first-order valence-electron chi connectivity index (χ1n) is 10.3. The van der Waals surface area contributed by atoms with Gasteiger partial charge < -0.3 is 16.0 Å². The lowest BCUT2D eigenvalue weighted by atomic mass is 9.86. The van der Waals surface area contributed by atoms with Crippen molar-refractivity contribution in [3.05, 3.63) is 22.7 Å². The monoisotopic (exact) mass is 400 g/mol. The number of hydrogen-bond donors (Lipinski definition) is 2. The molecule has 28 heavy (non-hydrogen) atoms. The Hall–Kier alpha value is -2.15. The van der Waals surface area contributed by atoms with Crippen molar-refractivity contribution in [3.8, 4) is 0 Å². The highest BCUT2D eigenvalue weighted by atomic mass is 32.1. The number of pyridine rings is 1. The van der Waals surface area contributed by atoms with Crippen LogP contribution in [-0.4, -0.2) is 35.3 Å². The van der Waals surface area contributed by atoms with E-state index in [-0.39, 0.29) is 17.9 Å². The van der Waals surface area contributed by atoms with Crippen LogP contribution in [0.4, 0.5) is 5.69 Å². The predicted molar refractivity (Wildman–Crippen MR) is 112 cm³/mol. The molecule has 7 heteroatoms. The molecule has 2 aromatic rings. The van der Waals surface area contributed by atoms with Gasteiger partial charge in [0.1, 0.15) is 9.71 Å². The predicted octanol–water partition coefficient (Wildman–Crippen LogP) is 3.87. The summed E-state index contributed by atoms with van der Waals surface area (Å²) in [6, 6.07) is 3.95. The normalized spacial score (nSPS) is 20.6. The maximum Gasteiger partial charge on any atom is 0.263 e. The van der Waals surface area contributed by atoms with Gasteiger partial charge in [0.15, 0.2) is 0 Å². The molecule has 3 heterocycles. The lowest BCUT2D eigenvalue weighted by molar-refractivity contribution is -0.133. The minimum atomic E-state index is -0.188. The Morgan fingerprint density at radius 2 is 2.00 bits per heavy atom. The number of fused-ring (bicyclic) bond motifs is 1. The first-order valence-corrected chi connectivity index (χ1v) is 11.1. The summed E-state index contributed by atoms with van der Waals surface area (Å²) >= 11 is 1.32. The zero-order valence-electron chi connectivity index (χ0n) is 16.4. The molecule has 2 fully saturated rings. The Labute approximate surface area is 169 Å². The van der Waals surface area contributed by atoms with Gasteiger partial charge in [-0.15, -0.1) is 11.3 Å². The summed E-state index contributed by atoms with van der Waals surface area (Å²) < 4.78 is 0. The number of anilines is 1. The van der Waals surface area contributed by atoms with Crippen LogP contribution in [0.5, 0.6) is 0 Å². The third-order valence-corrected chi connectivity index (χ3v) is 7.27. The second kappa shape index (κ2) is 8.07. The zero-order chi connectivity index (χ0) is 19.7. The van der Waals surface area contributed by atoms with Crippen molar-refractivity contribution in [2.75, 3.05) is 19.3 Å². The van der Waals surface area contributed by atoms with Crippen LogP contribution < -0.4 is 11.1 Å². The second-order valence-electron chi connectivity index (χ2n) is 7.97. The van der Waals surface area contributed by atoms with Gasteiger partial charge in [0.05, 0.1) is 17.4 Å². The average Bonchev–Trinajstić information content (AvgIpc) is 3.33.